The number of carbonyl (C=O) groups is 1. The van der Waals surface area contributed by atoms with Gasteiger partial charge in [0.15, 0.2) is 15.6 Å². The molecule has 0 aliphatic rings. The molecule has 2 aromatic rings. The number of rotatable bonds is 4. The van der Waals surface area contributed by atoms with Crippen LogP contribution < -0.4 is 0 Å². The summed E-state index contributed by atoms with van der Waals surface area (Å²) in [7, 11) is -3.97. The van der Waals surface area contributed by atoms with E-state index in [2.05, 4.69) is 22.6 Å². The first kappa shape index (κ1) is 15.1. The maximum atomic E-state index is 13.5. The second-order valence-electron chi connectivity index (χ2n) is 4.12. The van der Waals surface area contributed by atoms with Gasteiger partial charge in [-0.25, -0.2) is 12.8 Å². The maximum Gasteiger partial charge on any atom is 0.188 e. The van der Waals surface area contributed by atoms with Gasteiger partial charge in [-0.05, 0) is 46.9 Å². The molecule has 0 saturated heterocycles. The van der Waals surface area contributed by atoms with Crippen LogP contribution in [0.3, 0.4) is 0 Å². The van der Waals surface area contributed by atoms with Crippen molar-refractivity contribution in [3.63, 3.8) is 0 Å². The van der Waals surface area contributed by atoms with Gasteiger partial charge in [0.2, 0.25) is 0 Å². The number of ketones is 1. The van der Waals surface area contributed by atoms with E-state index in [-0.39, 0.29) is 0 Å². The normalized spacial score (nSPS) is 11.3. The highest BCUT2D eigenvalue weighted by Crippen LogP contribution is 2.17. The van der Waals surface area contributed by atoms with Crippen LogP contribution >= 0.6 is 22.6 Å². The number of hydrogen-bond acceptors (Lipinski definition) is 3. The van der Waals surface area contributed by atoms with Crippen molar-refractivity contribution >= 4 is 38.2 Å². The molecule has 20 heavy (non-hydrogen) atoms. The molecular weight excluding hydrogens is 394 g/mol. The third-order valence-corrected chi connectivity index (χ3v) is 5.02. The SMILES string of the molecule is O=C(CS(=O)(=O)c1ccccc1F)c1ccc(I)cc1. The Morgan fingerprint density at radius 1 is 1.05 bits per heavy atom. The standard InChI is InChI=1S/C14H10FIO3S/c15-12-3-1-2-4-14(12)20(18,19)9-13(17)10-5-7-11(16)8-6-10/h1-8H,9H2. The molecule has 3 nitrogen and oxygen atoms in total. The first-order chi connectivity index (χ1) is 9.40. The molecule has 6 heteroatoms. The fourth-order valence-corrected chi connectivity index (χ4v) is 3.34. The molecule has 0 heterocycles. The van der Waals surface area contributed by atoms with E-state index in [1.54, 1.807) is 24.3 Å². The summed E-state index contributed by atoms with van der Waals surface area (Å²) in [4.78, 5) is 11.5. The summed E-state index contributed by atoms with van der Waals surface area (Å²) >= 11 is 2.08. The second-order valence-corrected chi connectivity index (χ2v) is 7.32. The number of hydrogen-bond donors (Lipinski definition) is 0. The Hall–Kier alpha value is -1.28. The summed E-state index contributed by atoms with van der Waals surface area (Å²) in [6, 6.07) is 11.6. The van der Waals surface area contributed by atoms with Crippen molar-refractivity contribution in [2.75, 3.05) is 5.75 Å². The molecule has 0 amide bonds. The topological polar surface area (TPSA) is 51.2 Å². The van der Waals surface area contributed by atoms with Crippen LogP contribution in [0, 0.1) is 9.39 Å². The molecule has 0 aliphatic carbocycles. The number of benzene rings is 2. The van der Waals surface area contributed by atoms with Crippen molar-refractivity contribution in [2.24, 2.45) is 0 Å². The molecule has 0 bridgehead atoms. The van der Waals surface area contributed by atoms with Gasteiger partial charge >= 0.3 is 0 Å². The minimum Gasteiger partial charge on any atom is -0.293 e. The largest absolute Gasteiger partial charge is 0.293 e. The molecule has 0 unspecified atom stereocenters. The molecular formula is C14H10FIO3S. The van der Waals surface area contributed by atoms with E-state index in [1.807, 2.05) is 0 Å². The predicted octanol–water partition coefficient (Wildman–Crippen LogP) is 3.09. The second kappa shape index (κ2) is 6.01. The summed E-state index contributed by atoms with van der Waals surface area (Å²) in [5.74, 6) is -2.14. The highest BCUT2D eigenvalue weighted by molar-refractivity contribution is 14.1. The van der Waals surface area contributed by atoms with Crippen molar-refractivity contribution in [3.8, 4) is 0 Å². The van der Waals surface area contributed by atoms with E-state index in [9.17, 15) is 17.6 Å². The Labute approximate surface area is 129 Å². The third-order valence-electron chi connectivity index (χ3n) is 2.66. The van der Waals surface area contributed by atoms with E-state index >= 15 is 0 Å². The first-order valence-electron chi connectivity index (χ1n) is 5.66. The van der Waals surface area contributed by atoms with Crippen LogP contribution in [0.5, 0.6) is 0 Å². The minimum absolute atomic E-state index is 0.297. The average molecular weight is 404 g/mol. The fraction of sp³-hybridized carbons (Fsp3) is 0.0714. The van der Waals surface area contributed by atoms with Crippen LogP contribution in [0.1, 0.15) is 10.4 Å². The summed E-state index contributed by atoms with van der Waals surface area (Å²) in [5.41, 5.74) is 0.297. The van der Waals surface area contributed by atoms with Gasteiger partial charge in [-0.3, -0.25) is 4.79 Å². The Morgan fingerprint density at radius 3 is 2.25 bits per heavy atom. The van der Waals surface area contributed by atoms with Crippen LogP contribution in [-0.4, -0.2) is 20.0 Å². The zero-order valence-electron chi connectivity index (χ0n) is 10.2. The smallest absolute Gasteiger partial charge is 0.188 e. The van der Waals surface area contributed by atoms with Crippen LogP contribution in [0.25, 0.3) is 0 Å². The molecule has 104 valence electrons. The van der Waals surface area contributed by atoms with Gasteiger partial charge < -0.3 is 0 Å². The molecule has 0 N–H and O–H groups in total. The zero-order valence-corrected chi connectivity index (χ0v) is 13.2. The van der Waals surface area contributed by atoms with Crippen LogP contribution in [0.4, 0.5) is 4.39 Å². The number of halogens is 2. The Morgan fingerprint density at radius 2 is 1.65 bits per heavy atom. The quantitative estimate of drug-likeness (QED) is 0.582. The van der Waals surface area contributed by atoms with Crippen LogP contribution in [0.15, 0.2) is 53.4 Å². The lowest BCUT2D eigenvalue weighted by Gasteiger charge is -2.05. The highest BCUT2D eigenvalue weighted by atomic mass is 127. The molecule has 0 aliphatic heterocycles. The fourth-order valence-electron chi connectivity index (χ4n) is 1.67. The molecule has 0 spiro atoms. The first-order valence-corrected chi connectivity index (χ1v) is 8.39. The zero-order chi connectivity index (χ0) is 14.8. The van der Waals surface area contributed by atoms with Crippen molar-refractivity contribution in [1.29, 1.82) is 0 Å². The van der Waals surface area contributed by atoms with E-state index in [0.29, 0.717) is 5.56 Å². The molecule has 0 aromatic heterocycles. The van der Waals surface area contributed by atoms with Gasteiger partial charge in [-0.1, -0.05) is 24.3 Å². The van der Waals surface area contributed by atoms with Gasteiger partial charge in [-0.15, -0.1) is 0 Å². The van der Waals surface area contributed by atoms with Gasteiger partial charge in [0.25, 0.3) is 0 Å². The van der Waals surface area contributed by atoms with Crippen molar-refractivity contribution in [2.45, 2.75) is 4.90 Å². The number of carbonyl (C=O) groups excluding carboxylic acids is 1. The lowest BCUT2D eigenvalue weighted by molar-refractivity contribution is 0.102. The lowest BCUT2D eigenvalue weighted by atomic mass is 10.2. The van der Waals surface area contributed by atoms with E-state index in [4.69, 9.17) is 0 Å². The molecule has 0 saturated carbocycles. The van der Waals surface area contributed by atoms with E-state index in [1.165, 1.54) is 12.1 Å². The molecule has 2 rings (SSSR count). The Bertz CT molecular complexity index is 739. The van der Waals surface area contributed by atoms with Gasteiger partial charge in [0, 0.05) is 9.13 Å². The Balaban J connectivity index is 2.27. The van der Waals surface area contributed by atoms with Crippen molar-refractivity contribution in [3.05, 3.63) is 63.5 Å². The highest BCUT2D eigenvalue weighted by Gasteiger charge is 2.23. The monoisotopic (exact) mass is 404 g/mol. The average Bonchev–Trinajstić information content (AvgIpc) is 2.39. The van der Waals surface area contributed by atoms with Gasteiger partial charge in [0.05, 0.1) is 0 Å². The number of sulfone groups is 1. The van der Waals surface area contributed by atoms with Crippen molar-refractivity contribution < 1.29 is 17.6 Å². The Kier molecular flexibility index (Phi) is 4.54. The maximum absolute atomic E-state index is 13.5. The van der Waals surface area contributed by atoms with E-state index in [0.717, 1.165) is 15.7 Å². The van der Waals surface area contributed by atoms with Crippen LogP contribution in [0.2, 0.25) is 0 Å². The molecule has 2 aromatic carbocycles. The lowest BCUT2D eigenvalue weighted by Crippen LogP contribution is -2.17. The molecule has 0 fully saturated rings. The third kappa shape index (κ3) is 3.43. The predicted molar refractivity (Wildman–Crippen MR) is 81.9 cm³/mol. The summed E-state index contributed by atoms with van der Waals surface area (Å²) < 4.78 is 38.5. The molecule has 0 radical (unpaired) electrons. The van der Waals surface area contributed by atoms with Crippen LogP contribution in [-0.2, 0) is 9.84 Å². The van der Waals surface area contributed by atoms with Gasteiger partial charge in [0.1, 0.15) is 16.5 Å². The summed E-state index contributed by atoms with van der Waals surface area (Å²) in [5, 5.41) is 0. The van der Waals surface area contributed by atoms with Gasteiger partial charge in [-0.2, -0.15) is 0 Å². The number of Topliss-reactive ketones (excluding diaryl/α,β-unsaturated/α-hetero) is 1. The minimum atomic E-state index is -3.97. The van der Waals surface area contributed by atoms with Crippen molar-refractivity contribution in [1.82, 2.24) is 0 Å². The summed E-state index contributed by atoms with van der Waals surface area (Å²) in [6.45, 7) is 0. The summed E-state index contributed by atoms with van der Waals surface area (Å²) in [6.07, 6.45) is 0. The molecule has 0 atom stereocenters. The van der Waals surface area contributed by atoms with E-state index < -0.39 is 32.1 Å².